The molecule has 0 spiro atoms. The Morgan fingerprint density at radius 1 is 1.19 bits per heavy atom. The van der Waals surface area contributed by atoms with E-state index < -0.39 is 0 Å². The van der Waals surface area contributed by atoms with Crippen molar-refractivity contribution in [1.29, 1.82) is 0 Å². The lowest BCUT2D eigenvalue weighted by Gasteiger charge is -2.20. The molecule has 1 aliphatic rings. The monoisotopic (exact) mass is 291 g/mol. The van der Waals surface area contributed by atoms with Crippen molar-refractivity contribution in [2.24, 2.45) is 5.92 Å². The number of nitrogens with one attached hydrogen (secondary N) is 1. The van der Waals surface area contributed by atoms with E-state index in [2.05, 4.69) is 19.2 Å². The quantitative estimate of drug-likeness (QED) is 0.764. The van der Waals surface area contributed by atoms with E-state index in [1.807, 2.05) is 12.1 Å². The van der Waals surface area contributed by atoms with E-state index >= 15 is 0 Å². The van der Waals surface area contributed by atoms with Crippen molar-refractivity contribution in [1.82, 2.24) is 5.32 Å². The molecule has 0 bridgehead atoms. The Balaban J connectivity index is 1.92. The topological polar surface area (TPSA) is 29.1 Å². The van der Waals surface area contributed by atoms with Gasteiger partial charge in [-0.3, -0.25) is 4.79 Å². The Morgan fingerprint density at radius 2 is 1.76 bits per heavy atom. The zero-order valence-electron chi connectivity index (χ0n) is 13.1. The molecular formula is C18H26FNO. The fraction of sp³-hybridized carbons (Fsp3) is 0.611. The third-order valence-electron chi connectivity index (χ3n) is 4.56. The minimum atomic E-state index is -0.204. The maximum absolute atomic E-state index is 13.0. The van der Waals surface area contributed by atoms with Crippen molar-refractivity contribution in [3.05, 3.63) is 35.6 Å². The van der Waals surface area contributed by atoms with Gasteiger partial charge in [-0.05, 0) is 43.4 Å². The lowest BCUT2D eigenvalue weighted by molar-refractivity contribution is -0.125. The predicted octanol–water partition coefficient (Wildman–Crippen LogP) is 4.19. The Labute approximate surface area is 127 Å². The highest BCUT2D eigenvalue weighted by molar-refractivity contribution is 5.78. The van der Waals surface area contributed by atoms with Gasteiger partial charge in [0.1, 0.15) is 5.82 Å². The molecule has 0 aliphatic heterocycles. The van der Waals surface area contributed by atoms with Crippen LogP contribution in [0.4, 0.5) is 4.39 Å². The van der Waals surface area contributed by atoms with Gasteiger partial charge in [0.2, 0.25) is 5.91 Å². The lowest BCUT2D eigenvalue weighted by Crippen LogP contribution is -2.36. The fourth-order valence-corrected chi connectivity index (χ4v) is 3.03. The molecule has 1 fully saturated rings. The van der Waals surface area contributed by atoms with Crippen LogP contribution in [0.25, 0.3) is 0 Å². The van der Waals surface area contributed by atoms with Crippen LogP contribution < -0.4 is 5.32 Å². The van der Waals surface area contributed by atoms with E-state index in [9.17, 15) is 9.18 Å². The second-order valence-corrected chi connectivity index (χ2v) is 6.28. The molecule has 0 radical (unpaired) electrons. The van der Waals surface area contributed by atoms with Gasteiger partial charge in [0, 0.05) is 17.9 Å². The number of carbonyl (C=O) groups excluding carboxylic acids is 1. The second-order valence-electron chi connectivity index (χ2n) is 6.28. The Morgan fingerprint density at radius 3 is 2.24 bits per heavy atom. The van der Waals surface area contributed by atoms with Crippen LogP contribution in [0.15, 0.2) is 24.3 Å². The third-order valence-corrected chi connectivity index (χ3v) is 4.56. The fourth-order valence-electron chi connectivity index (χ4n) is 3.03. The first kappa shape index (κ1) is 16.0. The standard InChI is InChI=1S/C18H26FNO/c1-3-5-14(6-4-2)17(21)20-13-18(11-12-18)15-7-9-16(19)10-8-15/h7-10,14H,3-6,11-13H2,1-2H3,(H,20,21). The molecule has 0 unspecified atom stereocenters. The number of amides is 1. The van der Waals surface area contributed by atoms with Crippen LogP contribution in [0, 0.1) is 11.7 Å². The van der Waals surface area contributed by atoms with Crippen molar-refractivity contribution < 1.29 is 9.18 Å². The smallest absolute Gasteiger partial charge is 0.223 e. The largest absolute Gasteiger partial charge is 0.355 e. The van der Waals surface area contributed by atoms with Crippen molar-refractivity contribution in [2.75, 3.05) is 6.54 Å². The summed E-state index contributed by atoms with van der Waals surface area (Å²) in [4.78, 5) is 12.3. The van der Waals surface area contributed by atoms with E-state index in [0.717, 1.165) is 44.1 Å². The summed E-state index contributed by atoms with van der Waals surface area (Å²) in [7, 11) is 0. The van der Waals surface area contributed by atoms with Crippen molar-refractivity contribution in [2.45, 2.75) is 57.8 Å². The molecule has 1 saturated carbocycles. The molecule has 2 rings (SSSR count). The average Bonchev–Trinajstić information content (AvgIpc) is 3.26. The van der Waals surface area contributed by atoms with Crippen LogP contribution in [0.1, 0.15) is 57.9 Å². The van der Waals surface area contributed by atoms with E-state index in [4.69, 9.17) is 0 Å². The zero-order chi connectivity index (χ0) is 15.3. The summed E-state index contributed by atoms with van der Waals surface area (Å²) in [5.41, 5.74) is 1.19. The second kappa shape index (κ2) is 7.06. The highest BCUT2D eigenvalue weighted by Crippen LogP contribution is 2.47. The molecule has 3 heteroatoms. The van der Waals surface area contributed by atoms with Gasteiger partial charge in [-0.15, -0.1) is 0 Å². The Kier molecular flexibility index (Phi) is 5.38. The molecule has 1 aromatic carbocycles. The summed E-state index contributed by atoms with van der Waals surface area (Å²) in [6, 6.07) is 6.72. The van der Waals surface area contributed by atoms with Crippen LogP contribution in [0.5, 0.6) is 0 Å². The zero-order valence-corrected chi connectivity index (χ0v) is 13.1. The normalized spacial score (nSPS) is 16.0. The van der Waals surface area contributed by atoms with Gasteiger partial charge < -0.3 is 5.32 Å². The van der Waals surface area contributed by atoms with E-state index in [1.54, 1.807) is 0 Å². The molecule has 0 heterocycles. The molecule has 0 aromatic heterocycles. The van der Waals surface area contributed by atoms with Gasteiger partial charge in [0.15, 0.2) is 0 Å². The molecule has 2 nitrogen and oxygen atoms in total. The first-order valence-corrected chi connectivity index (χ1v) is 8.15. The molecule has 116 valence electrons. The van der Waals surface area contributed by atoms with Crippen LogP contribution in [-0.4, -0.2) is 12.5 Å². The van der Waals surface area contributed by atoms with Crippen molar-refractivity contribution in [3.63, 3.8) is 0 Å². The maximum atomic E-state index is 13.0. The number of hydrogen-bond donors (Lipinski definition) is 1. The van der Waals surface area contributed by atoms with Gasteiger partial charge in [0.05, 0.1) is 0 Å². The summed E-state index contributed by atoms with van der Waals surface area (Å²) in [6.45, 7) is 4.93. The molecule has 1 N–H and O–H groups in total. The number of benzene rings is 1. The Hall–Kier alpha value is -1.38. The molecule has 1 amide bonds. The number of hydrogen-bond acceptors (Lipinski definition) is 1. The minimum absolute atomic E-state index is 0.0480. The predicted molar refractivity (Wildman–Crippen MR) is 83.6 cm³/mol. The SMILES string of the molecule is CCCC(CCC)C(=O)NCC1(c2ccc(F)cc2)CC1. The summed E-state index contributed by atoms with van der Waals surface area (Å²) in [6.07, 6.45) is 6.16. The lowest BCUT2D eigenvalue weighted by atomic mass is 9.94. The highest BCUT2D eigenvalue weighted by atomic mass is 19.1. The van der Waals surface area contributed by atoms with Crippen molar-refractivity contribution in [3.8, 4) is 0 Å². The first-order valence-electron chi connectivity index (χ1n) is 8.15. The molecule has 1 aromatic rings. The van der Waals surface area contributed by atoms with Gasteiger partial charge in [-0.1, -0.05) is 38.8 Å². The average molecular weight is 291 g/mol. The number of carbonyl (C=O) groups is 1. The summed E-state index contributed by atoms with van der Waals surface area (Å²) in [5.74, 6) is 0.126. The summed E-state index contributed by atoms with van der Waals surface area (Å²) < 4.78 is 13.0. The third kappa shape index (κ3) is 4.05. The van der Waals surface area contributed by atoms with Crippen LogP contribution in [-0.2, 0) is 10.2 Å². The van der Waals surface area contributed by atoms with Gasteiger partial charge in [0.25, 0.3) is 0 Å². The van der Waals surface area contributed by atoms with E-state index in [0.29, 0.717) is 6.54 Å². The molecule has 1 aliphatic carbocycles. The van der Waals surface area contributed by atoms with Crippen LogP contribution in [0.3, 0.4) is 0 Å². The first-order chi connectivity index (χ1) is 10.1. The summed E-state index contributed by atoms with van der Waals surface area (Å²) in [5, 5.41) is 3.14. The number of halogens is 1. The van der Waals surface area contributed by atoms with Crippen molar-refractivity contribution >= 4 is 5.91 Å². The molecule has 0 atom stereocenters. The number of rotatable bonds is 8. The van der Waals surface area contributed by atoms with E-state index in [1.165, 1.54) is 12.1 Å². The van der Waals surface area contributed by atoms with Gasteiger partial charge in [-0.25, -0.2) is 4.39 Å². The van der Waals surface area contributed by atoms with Gasteiger partial charge >= 0.3 is 0 Å². The van der Waals surface area contributed by atoms with Crippen LogP contribution >= 0.6 is 0 Å². The highest BCUT2D eigenvalue weighted by Gasteiger charge is 2.44. The Bertz CT molecular complexity index is 459. The van der Waals surface area contributed by atoms with Crippen LogP contribution in [0.2, 0.25) is 0 Å². The molecule has 21 heavy (non-hydrogen) atoms. The van der Waals surface area contributed by atoms with Gasteiger partial charge in [-0.2, -0.15) is 0 Å². The summed E-state index contributed by atoms with van der Waals surface area (Å²) >= 11 is 0. The molecular weight excluding hydrogens is 265 g/mol. The molecule has 0 saturated heterocycles. The maximum Gasteiger partial charge on any atom is 0.223 e. The van der Waals surface area contributed by atoms with E-state index in [-0.39, 0.29) is 23.1 Å². The minimum Gasteiger partial charge on any atom is -0.355 e.